The van der Waals surface area contributed by atoms with Gasteiger partial charge in [0.05, 0.1) is 15.2 Å². The van der Waals surface area contributed by atoms with Crippen molar-refractivity contribution in [1.29, 1.82) is 0 Å². The minimum absolute atomic E-state index is 0.0213. The number of halogens is 4. The number of benzene rings is 1. The van der Waals surface area contributed by atoms with Gasteiger partial charge in [0.2, 0.25) is 0 Å². The molecule has 0 aliphatic carbocycles. The van der Waals surface area contributed by atoms with E-state index in [2.05, 4.69) is 49.4 Å². The van der Waals surface area contributed by atoms with Crippen LogP contribution in [0.4, 0.5) is 10.1 Å². The van der Waals surface area contributed by atoms with Crippen LogP contribution in [0.2, 0.25) is 5.02 Å². The molecular weight excluding hydrogens is 358 g/mol. The van der Waals surface area contributed by atoms with Gasteiger partial charge in [-0.15, -0.1) is 0 Å². The molecule has 0 aromatic heterocycles. The molecule has 0 unspecified atom stereocenters. The Kier molecular flexibility index (Phi) is 4.12. The van der Waals surface area contributed by atoms with Crippen LogP contribution in [-0.2, 0) is 0 Å². The number of thiocarbonyl (C=S) groups is 1. The molecule has 0 heterocycles. The molecule has 0 radical (unpaired) electrons. The van der Waals surface area contributed by atoms with E-state index in [0.717, 1.165) is 0 Å². The second kappa shape index (κ2) is 4.74. The lowest BCUT2D eigenvalue weighted by molar-refractivity contribution is 0.627. The van der Waals surface area contributed by atoms with Crippen LogP contribution in [0.5, 0.6) is 0 Å². The summed E-state index contributed by atoms with van der Waals surface area (Å²) in [5.41, 5.74) is 5.80. The van der Waals surface area contributed by atoms with E-state index < -0.39 is 5.82 Å². The number of nitrogens with two attached hydrogens (primary N) is 1. The quantitative estimate of drug-likeness (QED) is 0.455. The standard InChI is InChI=1S/C7H4Br2ClFN2S/c8-2-1-3(11)5(10)4(9)6(2)13-7(12)14/h1H,(H3,12,13,14). The van der Waals surface area contributed by atoms with Gasteiger partial charge >= 0.3 is 0 Å². The first-order chi connectivity index (χ1) is 6.43. The Morgan fingerprint density at radius 1 is 1.57 bits per heavy atom. The van der Waals surface area contributed by atoms with E-state index in [0.29, 0.717) is 14.6 Å². The first-order valence-corrected chi connectivity index (χ1v) is 5.70. The maximum absolute atomic E-state index is 13.1. The molecule has 0 fully saturated rings. The van der Waals surface area contributed by atoms with Crippen molar-refractivity contribution in [2.24, 2.45) is 5.73 Å². The van der Waals surface area contributed by atoms with E-state index in [1.165, 1.54) is 6.07 Å². The molecule has 1 aromatic rings. The zero-order valence-corrected chi connectivity index (χ0v) is 11.3. The number of nitrogens with one attached hydrogen (secondary N) is 1. The highest BCUT2D eigenvalue weighted by Gasteiger charge is 2.13. The Morgan fingerprint density at radius 3 is 2.64 bits per heavy atom. The molecule has 0 spiro atoms. The third-order valence-electron chi connectivity index (χ3n) is 1.36. The minimum atomic E-state index is -0.529. The van der Waals surface area contributed by atoms with Crippen molar-refractivity contribution in [1.82, 2.24) is 0 Å². The van der Waals surface area contributed by atoms with Crippen LogP contribution in [0.25, 0.3) is 0 Å². The third kappa shape index (κ3) is 2.56. The van der Waals surface area contributed by atoms with E-state index in [9.17, 15) is 4.39 Å². The van der Waals surface area contributed by atoms with Crippen molar-refractivity contribution < 1.29 is 4.39 Å². The van der Waals surface area contributed by atoms with Gasteiger partial charge in [-0.05, 0) is 50.1 Å². The SMILES string of the molecule is NC(=S)Nc1c(Br)cc(F)c(Cl)c1Br. The lowest BCUT2D eigenvalue weighted by Crippen LogP contribution is -2.19. The number of rotatable bonds is 1. The largest absolute Gasteiger partial charge is 0.376 e. The van der Waals surface area contributed by atoms with Gasteiger partial charge in [-0.1, -0.05) is 11.6 Å². The molecule has 0 bridgehead atoms. The average molecular weight is 362 g/mol. The summed E-state index contributed by atoms with van der Waals surface area (Å²) in [4.78, 5) is 0. The number of hydrogen-bond donors (Lipinski definition) is 2. The fraction of sp³-hybridized carbons (Fsp3) is 0. The number of anilines is 1. The summed E-state index contributed by atoms with van der Waals surface area (Å²) in [6.07, 6.45) is 0. The molecule has 0 aliphatic rings. The summed E-state index contributed by atoms with van der Waals surface area (Å²) in [5.74, 6) is -0.529. The lowest BCUT2D eigenvalue weighted by atomic mass is 10.3. The van der Waals surface area contributed by atoms with Gasteiger partial charge in [0.25, 0.3) is 0 Å². The van der Waals surface area contributed by atoms with Crippen LogP contribution in [0.1, 0.15) is 0 Å². The van der Waals surface area contributed by atoms with Gasteiger partial charge in [0.15, 0.2) is 5.11 Å². The van der Waals surface area contributed by atoms with Crippen LogP contribution in [0.3, 0.4) is 0 Å². The molecule has 0 aliphatic heterocycles. The van der Waals surface area contributed by atoms with Gasteiger partial charge in [-0.3, -0.25) is 0 Å². The molecule has 2 nitrogen and oxygen atoms in total. The van der Waals surface area contributed by atoms with E-state index >= 15 is 0 Å². The topological polar surface area (TPSA) is 38.0 Å². The lowest BCUT2D eigenvalue weighted by Gasteiger charge is -2.10. The van der Waals surface area contributed by atoms with Crippen LogP contribution in [0, 0.1) is 5.82 Å². The Bertz CT molecular complexity index is 400. The normalized spacial score (nSPS) is 10.0. The van der Waals surface area contributed by atoms with Crippen molar-refractivity contribution in [3.8, 4) is 0 Å². The van der Waals surface area contributed by atoms with Gasteiger partial charge in [-0.25, -0.2) is 4.39 Å². The highest BCUT2D eigenvalue weighted by atomic mass is 79.9. The van der Waals surface area contributed by atoms with E-state index in [4.69, 9.17) is 17.3 Å². The van der Waals surface area contributed by atoms with Crippen molar-refractivity contribution in [3.05, 3.63) is 25.9 Å². The van der Waals surface area contributed by atoms with Crippen molar-refractivity contribution >= 4 is 66.5 Å². The second-order valence-corrected chi connectivity index (χ2v) is 4.80. The molecule has 0 amide bonds. The van der Waals surface area contributed by atoms with E-state index in [1.807, 2.05) is 0 Å². The zero-order chi connectivity index (χ0) is 10.9. The summed E-state index contributed by atoms with van der Waals surface area (Å²) < 4.78 is 13.9. The minimum Gasteiger partial charge on any atom is -0.376 e. The zero-order valence-electron chi connectivity index (χ0n) is 6.57. The summed E-state index contributed by atoms with van der Waals surface area (Å²) in [5, 5.41) is 2.73. The highest BCUT2D eigenvalue weighted by molar-refractivity contribution is 9.11. The van der Waals surface area contributed by atoms with Crippen LogP contribution in [-0.4, -0.2) is 5.11 Å². The van der Waals surface area contributed by atoms with Crippen molar-refractivity contribution in [3.63, 3.8) is 0 Å². The first kappa shape index (κ1) is 12.2. The maximum Gasteiger partial charge on any atom is 0.168 e. The predicted molar refractivity (Wildman–Crippen MR) is 67.2 cm³/mol. The Morgan fingerprint density at radius 2 is 2.14 bits per heavy atom. The summed E-state index contributed by atoms with van der Waals surface area (Å²) in [6.45, 7) is 0. The highest BCUT2D eigenvalue weighted by Crippen LogP contribution is 2.38. The summed E-state index contributed by atoms with van der Waals surface area (Å²) >= 11 is 16.6. The van der Waals surface area contributed by atoms with Crippen molar-refractivity contribution in [2.75, 3.05) is 5.32 Å². The van der Waals surface area contributed by atoms with Gasteiger partial charge in [-0.2, -0.15) is 0 Å². The van der Waals surface area contributed by atoms with Crippen LogP contribution >= 0.6 is 55.7 Å². The second-order valence-electron chi connectivity index (χ2n) is 2.33. The Labute approximate surface area is 107 Å². The molecule has 0 atom stereocenters. The van der Waals surface area contributed by atoms with E-state index in [1.54, 1.807) is 0 Å². The Hall–Kier alpha value is 0.0900. The molecule has 14 heavy (non-hydrogen) atoms. The molecule has 76 valence electrons. The molecular formula is C7H4Br2ClFN2S. The van der Waals surface area contributed by atoms with Gasteiger partial charge < -0.3 is 11.1 Å². The van der Waals surface area contributed by atoms with E-state index in [-0.39, 0.29) is 10.1 Å². The summed E-state index contributed by atoms with van der Waals surface area (Å²) in [6, 6.07) is 1.23. The molecule has 1 rings (SSSR count). The Balaban J connectivity index is 3.29. The van der Waals surface area contributed by atoms with Gasteiger partial charge in [0, 0.05) is 4.47 Å². The average Bonchev–Trinajstić information content (AvgIpc) is 2.09. The molecule has 0 saturated heterocycles. The maximum atomic E-state index is 13.1. The summed E-state index contributed by atoms with van der Waals surface area (Å²) in [7, 11) is 0. The molecule has 0 saturated carbocycles. The molecule has 7 heteroatoms. The fourth-order valence-electron chi connectivity index (χ4n) is 0.804. The van der Waals surface area contributed by atoms with Crippen molar-refractivity contribution in [2.45, 2.75) is 0 Å². The van der Waals surface area contributed by atoms with Crippen LogP contribution in [0.15, 0.2) is 15.0 Å². The van der Waals surface area contributed by atoms with Crippen LogP contribution < -0.4 is 11.1 Å². The monoisotopic (exact) mass is 360 g/mol. The molecule has 3 N–H and O–H groups in total. The molecule has 1 aromatic carbocycles. The predicted octanol–water partition coefficient (Wildman–Crippen LogP) is 3.66. The smallest absolute Gasteiger partial charge is 0.168 e. The first-order valence-electron chi connectivity index (χ1n) is 3.33. The third-order valence-corrected chi connectivity index (χ3v) is 3.48. The number of hydrogen-bond acceptors (Lipinski definition) is 1. The van der Waals surface area contributed by atoms with Gasteiger partial charge in [0.1, 0.15) is 5.82 Å². The fourth-order valence-corrected chi connectivity index (χ4v) is 2.32.